The summed E-state index contributed by atoms with van der Waals surface area (Å²) in [6, 6.07) is 1.43. The lowest BCUT2D eigenvalue weighted by molar-refractivity contribution is 0.0655. The van der Waals surface area contributed by atoms with Gasteiger partial charge in [-0.3, -0.25) is 0 Å². The maximum absolute atomic E-state index is 5.49. The largest absolute Gasteiger partial charge is 0.380 e. The van der Waals surface area contributed by atoms with E-state index in [9.17, 15) is 0 Å². The van der Waals surface area contributed by atoms with Crippen LogP contribution in [0.25, 0.3) is 0 Å². The van der Waals surface area contributed by atoms with Crippen molar-refractivity contribution in [3.8, 4) is 0 Å². The summed E-state index contributed by atoms with van der Waals surface area (Å²) < 4.78 is 5.49. The molecule has 2 aliphatic rings. The molecular weight excluding hydrogens is 174 g/mol. The van der Waals surface area contributed by atoms with Crippen LogP contribution in [0.1, 0.15) is 51.4 Å². The lowest BCUT2D eigenvalue weighted by Crippen LogP contribution is -2.42. The fourth-order valence-corrected chi connectivity index (χ4v) is 2.65. The van der Waals surface area contributed by atoms with Gasteiger partial charge in [0.1, 0.15) is 0 Å². The normalized spacial score (nSPS) is 31.3. The Kier molecular flexibility index (Phi) is 4.26. The molecule has 14 heavy (non-hydrogen) atoms. The van der Waals surface area contributed by atoms with Gasteiger partial charge in [-0.15, -0.1) is 0 Å². The van der Waals surface area contributed by atoms with Gasteiger partial charge in [0.15, 0.2) is 0 Å². The quantitative estimate of drug-likeness (QED) is 0.687. The molecule has 0 radical (unpaired) electrons. The molecule has 1 saturated heterocycles. The highest BCUT2D eigenvalue weighted by molar-refractivity contribution is 4.77. The van der Waals surface area contributed by atoms with Crippen LogP contribution in [0.4, 0.5) is 0 Å². The lowest BCUT2D eigenvalue weighted by atomic mass is 10.0. The topological polar surface area (TPSA) is 21.3 Å². The molecule has 2 heteroatoms. The van der Waals surface area contributed by atoms with Gasteiger partial charge in [0.2, 0.25) is 0 Å². The Morgan fingerprint density at radius 3 is 2.14 bits per heavy atom. The fourth-order valence-electron chi connectivity index (χ4n) is 2.65. The third-order valence-corrected chi connectivity index (χ3v) is 3.49. The maximum Gasteiger partial charge on any atom is 0.0619 e. The molecule has 0 aromatic carbocycles. The summed E-state index contributed by atoms with van der Waals surface area (Å²) in [5, 5.41) is 3.77. The van der Waals surface area contributed by atoms with Crippen molar-refractivity contribution in [2.24, 2.45) is 0 Å². The Morgan fingerprint density at radius 1 is 0.786 bits per heavy atom. The van der Waals surface area contributed by atoms with Crippen molar-refractivity contribution in [2.45, 2.75) is 63.5 Å². The Bertz CT molecular complexity index is 146. The van der Waals surface area contributed by atoms with Crippen LogP contribution in [-0.4, -0.2) is 25.3 Å². The van der Waals surface area contributed by atoms with Crippen molar-refractivity contribution in [3.05, 3.63) is 0 Å². The Balaban J connectivity index is 1.71. The molecule has 82 valence electrons. The van der Waals surface area contributed by atoms with E-state index in [4.69, 9.17) is 4.74 Å². The minimum absolute atomic E-state index is 0.645. The number of ether oxygens (including phenoxy) is 1. The molecule has 2 rings (SSSR count). The summed E-state index contributed by atoms with van der Waals surface area (Å²) in [5.74, 6) is 0. The zero-order chi connectivity index (χ0) is 9.64. The molecule has 1 N–H and O–H groups in total. The molecule has 0 unspecified atom stereocenters. The van der Waals surface area contributed by atoms with Gasteiger partial charge in [0.05, 0.1) is 6.61 Å². The van der Waals surface area contributed by atoms with Gasteiger partial charge in [-0.1, -0.05) is 25.7 Å². The Morgan fingerprint density at radius 2 is 1.50 bits per heavy atom. The summed E-state index contributed by atoms with van der Waals surface area (Å²) in [7, 11) is 0. The van der Waals surface area contributed by atoms with Gasteiger partial charge in [0.25, 0.3) is 0 Å². The van der Waals surface area contributed by atoms with E-state index >= 15 is 0 Å². The minimum atomic E-state index is 0.645. The highest BCUT2D eigenvalue weighted by atomic mass is 16.5. The second-order valence-corrected chi connectivity index (χ2v) is 4.77. The molecule has 1 aliphatic heterocycles. The second-order valence-electron chi connectivity index (χ2n) is 4.77. The zero-order valence-electron chi connectivity index (χ0n) is 9.13. The molecule has 0 aromatic heterocycles. The maximum atomic E-state index is 5.49. The second kappa shape index (κ2) is 5.72. The first-order valence-corrected chi connectivity index (χ1v) is 6.29. The lowest BCUT2D eigenvalue weighted by Gasteiger charge is -2.28. The van der Waals surface area contributed by atoms with E-state index in [2.05, 4.69) is 5.32 Å². The van der Waals surface area contributed by atoms with E-state index in [1.807, 2.05) is 0 Å². The summed E-state index contributed by atoms with van der Waals surface area (Å²) in [6.45, 7) is 1.92. The summed E-state index contributed by atoms with van der Waals surface area (Å²) in [5.41, 5.74) is 0. The highest BCUT2D eigenvalue weighted by Crippen LogP contribution is 2.18. The van der Waals surface area contributed by atoms with E-state index in [0.29, 0.717) is 6.04 Å². The molecule has 0 bridgehead atoms. The number of hydrogen-bond donors (Lipinski definition) is 1. The minimum Gasteiger partial charge on any atom is -0.380 e. The molecule has 0 amide bonds. The molecule has 0 aromatic rings. The third kappa shape index (κ3) is 3.25. The van der Waals surface area contributed by atoms with Crippen LogP contribution < -0.4 is 5.32 Å². The molecule has 1 atom stereocenters. The average Bonchev–Trinajstić information content (AvgIpc) is 2.48. The summed E-state index contributed by atoms with van der Waals surface area (Å²) in [4.78, 5) is 0. The van der Waals surface area contributed by atoms with Gasteiger partial charge in [-0.2, -0.15) is 0 Å². The zero-order valence-corrected chi connectivity index (χ0v) is 9.13. The van der Waals surface area contributed by atoms with Gasteiger partial charge in [-0.25, -0.2) is 0 Å². The first kappa shape index (κ1) is 10.4. The third-order valence-electron chi connectivity index (χ3n) is 3.49. The van der Waals surface area contributed by atoms with Crippen molar-refractivity contribution < 1.29 is 4.74 Å². The Hall–Kier alpha value is -0.0800. The van der Waals surface area contributed by atoms with Crippen molar-refractivity contribution in [1.82, 2.24) is 5.32 Å². The van der Waals surface area contributed by atoms with Gasteiger partial charge in [0, 0.05) is 18.7 Å². The highest BCUT2D eigenvalue weighted by Gasteiger charge is 2.18. The molecule has 0 spiro atoms. The van der Waals surface area contributed by atoms with Crippen molar-refractivity contribution in [1.29, 1.82) is 0 Å². The van der Waals surface area contributed by atoms with E-state index in [-0.39, 0.29) is 0 Å². The summed E-state index contributed by atoms with van der Waals surface area (Å²) >= 11 is 0. The van der Waals surface area contributed by atoms with Crippen LogP contribution >= 0.6 is 0 Å². The predicted octanol–water partition coefficient (Wildman–Crippen LogP) is 2.48. The first-order chi connectivity index (χ1) is 6.95. The number of rotatable bonds is 2. The first-order valence-electron chi connectivity index (χ1n) is 6.29. The molecule has 2 nitrogen and oxygen atoms in total. The van der Waals surface area contributed by atoms with Gasteiger partial charge < -0.3 is 10.1 Å². The van der Waals surface area contributed by atoms with Crippen molar-refractivity contribution in [2.75, 3.05) is 13.2 Å². The molecule has 1 saturated carbocycles. The fraction of sp³-hybridized carbons (Fsp3) is 1.00. The van der Waals surface area contributed by atoms with Crippen LogP contribution in [0.2, 0.25) is 0 Å². The van der Waals surface area contributed by atoms with E-state index in [1.165, 1.54) is 51.4 Å². The molecule has 2 fully saturated rings. The van der Waals surface area contributed by atoms with Gasteiger partial charge in [-0.05, 0) is 25.7 Å². The predicted molar refractivity (Wildman–Crippen MR) is 58.5 cm³/mol. The van der Waals surface area contributed by atoms with Crippen LogP contribution in [0.5, 0.6) is 0 Å². The average molecular weight is 197 g/mol. The van der Waals surface area contributed by atoms with Gasteiger partial charge >= 0.3 is 0 Å². The molecular formula is C12H23NO. The van der Waals surface area contributed by atoms with Crippen LogP contribution in [-0.2, 0) is 4.74 Å². The smallest absolute Gasteiger partial charge is 0.0619 e. The SMILES string of the molecule is C1CCCC(N[C@@H]2CCCOC2)CC1. The van der Waals surface area contributed by atoms with Crippen LogP contribution in [0.15, 0.2) is 0 Å². The monoisotopic (exact) mass is 197 g/mol. The molecule has 1 aliphatic carbocycles. The van der Waals surface area contributed by atoms with Crippen molar-refractivity contribution in [3.63, 3.8) is 0 Å². The van der Waals surface area contributed by atoms with E-state index in [1.54, 1.807) is 0 Å². The van der Waals surface area contributed by atoms with E-state index < -0.39 is 0 Å². The van der Waals surface area contributed by atoms with Crippen molar-refractivity contribution >= 4 is 0 Å². The summed E-state index contributed by atoms with van der Waals surface area (Å²) in [6.07, 6.45) is 11.1. The van der Waals surface area contributed by atoms with E-state index in [0.717, 1.165) is 19.3 Å². The van der Waals surface area contributed by atoms with Crippen LogP contribution in [0, 0.1) is 0 Å². The standard InChI is InChI=1S/C12H23NO/c1-2-4-7-11(6-3-1)13-12-8-5-9-14-10-12/h11-13H,1-10H2/t12-/m1/s1. The van der Waals surface area contributed by atoms with Crippen LogP contribution in [0.3, 0.4) is 0 Å². The molecule has 1 heterocycles. The number of hydrogen-bond acceptors (Lipinski definition) is 2. The number of nitrogens with one attached hydrogen (secondary N) is 1. The Labute approximate surface area is 87.4 Å².